The van der Waals surface area contributed by atoms with Crippen LogP contribution in [0.5, 0.6) is 0 Å². The highest BCUT2D eigenvalue weighted by Crippen LogP contribution is 2.42. The van der Waals surface area contributed by atoms with Gasteiger partial charge in [0, 0.05) is 32.7 Å². The van der Waals surface area contributed by atoms with Gasteiger partial charge in [-0.2, -0.15) is 5.10 Å². The summed E-state index contributed by atoms with van der Waals surface area (Å²) in [6.07, 6.45) is 0.849. The number of carbonyl (C=O) groups is 2. The average Bonchev–Trinajstić information content (AvgIpc) is 2.80. The van der Waals surface area contributed by atoms with Gasteiger partial charge in [0.25, 0.3) is 5.56 Å². The maximum Gasteiger partial charge on any atom is 0.407 e. The number of amides is 2. The summed E-state index contributed by atoms with van der Waals surface area (Å²) in [5, 5.41) is 13.1. The summed E-state index contributed by atoms with van der Waals surface area (Å²) in [6, 6.07) is 2.96. The van der Waals surface area contributed by atoms with E-state index in [1.54, 1.807) is 18.0 Å². The fraction of sp³-hybridized carbons (Fsp3) is 0.571. The van der Waals surface area contributed by atoms with Crippen molar-refractivity contribution < 1.29 is 14.7 Å². The van der Waals surface area contributed by atoms with Crippen LogP contribution in [0.25, 0.3) is 0 Å². The third-order valence-corrected chi connectivity index (χ3v) is 4.73. The Balaban J connectivity index is 1.79. The van der Waals surface area contributed by atoms with Gasteiger partial charge in [-0.05, 0) is 25.3 Å². The summed E-state index contributed by atoms with van der Waals surface area (Å²) < 4.78 is 1.21. The number of piperidine rings is 1. The van der Waals surface area contributed by atoms with E-state index in [9.17, 15) is 14.4 Å². The standard InChI is InChI=1S/C14H18N4O4/c1-16-11(19)3-2-10(15-16)18-9-6-14(12(18)20)4-7-17(8-5-14)13(21)22/h2-3H,4-9H2,1H3,(H,21,22). The number of aryl methyl sites for hydroxylation is 1. The molecule has 1 N–H and O–H groups in total. The lowest BCUT2D eigenvalue weighted by atomic mass is 9.77. The lowest BCUT2D eigenvalue weighted by molar-refractivity contribution is -0.127. The van der Waals surface area contributed by atoms with Crippen molar-refractivity contribution in [3.05, 3.63) is 22.5 Å². The van der Waals surface area contributed by atoms with E-state index in [-0.39, 0.29) is 11.5 Å². The topological polar surface area (TPSA) is 95.7 Å². The van der Waals surface area contributed by atoms with Gasteiger partial charge in [-0.15, -0.1) is 0 Å². The van der Waals surface area contributed by atoms with Gasteiger partial charge in [-0.3, -0.25) is 14.5 Å². The number of hydrogen-bond acceptors (Lipinski definition) is 4. The van der Waals surface area contributed by atoms with Crippen LogP contribution in [0.15, 0.2) is 16.9 Å². The van der Waals surface area contributed by atoms with Gasteiger partial charge >= 0.3 is 6.09 Å². The van der Waals surface area contributed by atoms with Gasteiger partial charge < -0.3 is 10.0 Å². The van der Waals surface area contributed by atoms with Crippen molar-refractivity contribution in [1.82, 2.24) is 14.7 Å². The Morgan fingerprint density at radius 2 is 1.82 bits per heavy atom. The van der Waals surface area contributed by atoms with Crippen LogP contribution in [0.3, 0.4) is 0 Å². The normalized spacial score (nSPS) is 20.7. The largest absolute Gasteiger partial charge is 0.465 e. The molecule has 2 saturated heterocycles. The zero-order chi connectivity index (χ0) is 15.9. The van der Waals surface area contributed by atoms with E-state index in [1.165, 1.54) is 15.6 Å². The predicted molar refractivity (Wildman–Crippen MR) is 77.7 cm³/mol. The molecule has 1 aromatic rings. The molecule has 22 heavy (non-hydrogen) atoms. The van der Waals surface area contributed by atoms with Crippen molar-refractivity contribution in [1.29, 1.82) is 0 Å². The highest BCUT2D eigenvalue weighted by atomic mass is 16.4. The van der Waals surface area contributed by atoms with E-state index in [0.717, 1.165) is 0 Å². The van der Waals surface area contributed by atoms with Crippen LogP contribution in [0, 0.1) is 5.41 Å². The molecular formula is C14H18N4O4. The van der Waals surface area contributed by atoms with Gasteiger partial charge in [0.05, 0.1) is 5.41 Å². The zero-order valence-electron chi connectivity index (χ0n) is 12.4. The highest BCUT2D eigenvalue weighted by molar-refractivity contribution is 5.99. The Morgan fingerprint density at radius 3 is 2.41 bits per heavy atom. The average molecular weight is 306 g/mol. The van der Waals surface area contributed by atoms with E-state index >= 15 is 0 Å². The maximum atomic E-state index is 12.8. The molecule has 2 aliphatic rings. The van der Waals surface area contributed by atoms with Crippen LogP contribution in [0.2, 0.25) is 0 Å². The Bertz CT molecular complexity index is 676. The minimum atomic E-state index is -0.933. The van der Waals surface area contributed by atoms with Crippen molar-refractivity contribution in [2.45, 2.75) is 19.3 Å². The van der Waals surface area contributed by atoms with Crippen molar-refractivity contribution >= 4 is 17.8 Å². The molecule has 1 aromatic heterocycles. The zero-order valence-corrected chi connectivity index (χ0v) is 12.4. The highest BCUT2D eigenvalue weighted by Gasteiger charge is 2.49. The first kappa shape index (κ1) is 14.6. The second-order valence-electron chi connectivity index (χ2n) is 5.91. The lowest BCUT2D eigenvalue weighted by Crippen LogP contribution is -2.46. The Labute approximate surface area is 126 Å². The molecule has 0 unspecified atom stereocenters. The quantitative estimate of drug-likeness (QED) is 0.804. The third kappa shape index (κ3) is 2.24. The number of carbonyl (C=O) groups excluding carboxylic acids is 1. The molecular weight excluding hydrogens is 288 g/mol. The van der Waals surface area contributed by atoms with Gasteiger partial charge in [0.1, 0.15) is 0 Å². The lowest BCUT2D eigenvalue weighted by Gasteiger charge is -2.36. The number of hydrogen-bond donors (Lipinski definition) is 1. The van der Waals surface area contributed by atoms with Gasteiger partial charge in [-0.25, -0.2) is 9.48 Å². The van der Waals surface area contributed by atoms with Crippen LogP contribution in [0.4, 0.5) is 10.6 Å². The maximum absolute atomic E-state index is 12.8. The minimum absolute atomic E-state index is 0.0105. The fourth-order valence-corrected chi connectivity index (χ4v) is 3.26. The molecule has 0 saturated carbocycles. The first-order valence-corrected chi connectivity index (χ1v) is 7.27. The molecule has 3 heterocycles. The van der Waals surface area contributed by atoms with Gasteiger partial charge in [-0.1, -0.05) is 0 Å². The number of anilines is 1. The molecule has 0 radical (unpaired) electrons. The van der Waals surface area contributed by atoms with Crippen molar-refractivity contribution in [2.24, 2.45) is 12.5 Å². The first-order chi connectivity index (χ1) is 10.4. The number of likely N-dealkylation sites (tertiary alicyclic amines) is 1. The van der Waals surface area contributed by atoms with Crippen LogP contribution in [0.1, 0.15) is 19.3 Å². The monoisotopic (exact) mass is 306 g/mol. The van der Waals surface area contributed by atoms with E-state index in [0.29, 0.717) is 44.7 Å². The van der Waals surface area contributed by atoms with Crippen molar-refractivity contribution in [3.8, 4) is 0 Å². The Kier molecular flexibility index (Phi) is 3.38. The molecule has 0 atom stereocenters. The summed E-state index contributed by atoms with van der Waals surface area (Å²) in [7, 11) is 1.55. The molecule has 8 nitrogen and oxygen atoms in total. The second-order valence-corrected chi connectivity index (χ2v) is 5.91. The molecule has 2 aliphatic heterocycles. The molecule has 3 rings (SSSR count). The summed E-state index contributed by atoms with van der Waals surface area (Å²) in [4.78, 5) is 38.1. The molecule has 2 amide bonds. The SMILES string of the molecule is Cn1nc(N2CCC3(CCN(C(=O)O)CC3)C2=O)ccc1=O. The number of nitrogens with zero attached hydrogens (tertiary/aromatic N) is 4. The van der Waals surface area contributed by atoms with Crippen LogP contribution < -0.4 is 10.5 Å². The Hall–Kier alpha value is -2.38. The molecule has 0 aromatic carbocycles. The van der Waals surface area contributed by atoms with Crippen LogP contribution in [-0.2, 0) is 11.8 Å². The Morgan fingerprint density at radius 1 is 1.18 bits per heavy atom. The third-order valence-electron chi connectivity index (χ3n) is 4.73. The number of carboxylic acid groups (broad SMARTS) is 1. The van der Waals surface area contributed by atoms with Crippen molar-refractivity contribution in [2.75, 3.05) is 24.5 Å². The van der Waals surface area contributed by atoms with E-state index in [4.69, 9.17) is 5.11 Å². The number of aromatic nitrogens is 2. The number of rotatable bonds is 1. The molecule has 118 valence electrons. The first-order valence-electron chi connectivity index (χ1n) is 7.27. The molecule has 0 bridgehead atoms. The summed E-state index contributed by atoms with van der Waals surface area (Å²) in [5.41, 5.74) is -0.706. The molecule has 8 heteroatoms. The minimum Gasteiger partial charge on any atom is -0.465 e. The van der Waals surface area contributed by atoms with Crippen LogP contribution in [-0.4, -0.2) is 51.4 Å². The smallest absolute Gasteiger partial charge is 0.407 e. The molecule has 1 spiro atoms. The van der Waals surface area contributed by atoms with Gasteiger partial charge in [0.15, 0.2) is 5.82 Å². The molecule has 0 aliphatic carbocycles. The van der Waals surface area contributed by atoms with Gasteiger partial charge in [0.2, 0.25) is 5.91 Å². The summed E-state index contributed by atoms with van der Waals surface area (Å²) in [6.45, 7) is 1.32. The van der Waals surface area contributed by atoms with Crippen LogP contribution >= 0.6 is 0 Å². The van der Waals surface area contributed by atoms with E-state index in [1.807, 2.05) is 0 Å². The fourth-order valence-electron chi connectivity index (χ4n) is 3.26. The summed E-state index contributed by atoms with van der Waals surface area (Å²) >= 11 is 0. The summed E-state index contributed by atoms with van der Waals surface area (Å²) in [5.74, 6) is 0.466. The second kappa shape index (κ2) is 5.11. The van der Waals surface area contributed by atoms with E-state index in [2.05, 4.69) is 5.10 Å². The van der Waals surface area contributed by atoms with Crippen molar-refractivity contribution in [3.63, 3.8) is 0 Å². The molecule has 2 fully saturated rings. The predicted octanol–water partition coefficient (Wildman–Crippen LogP) is 0.277. The van der Waals surface area contributed by atoms with E-state index < -0.39 is 11.5 Å².